The minimum Gasteiger partial charge on any atom is -0.465 e. The highest BCUT2D eigenvalue weighted by Crippen LogP contribution is 2.42. The van der Waals surface area contributed by atoms with Crippen LogP contribution in [0.1, 0.15) is 65.2 Å². The number of nitrogens with zero attached hydrogens (tertiary/aromatic N) is 3. The van der Waals surface area contributed by atoms with Gasteiger partial charge in [0.15, 0.2) is 0 Å². The van der Waals surface area contributed by atoms with Crippen molar-refractivity contribution in [2.24, 2.45) is 17.1 Å². The summed E-state index contributed by atoms with van der Waals surface area (Å²) in [6.07, 6.45) is 4.57. The SMILES string of the molecule is CC(C)CC(F)(F)C[C@H](N)C(=O)NC1(C#N)CC1.O=C(O)N1CC2(CCN(C3CC3)CC2)C1. The first kappa shape index (κ1) is 25.6. The van der Waals surface area contributed by atoms with Gasteiger partial charge in [-0.1, -0.05) is 13.8 Å². The molecule has 2 heterocycles. The zero-order chi connectivity index (χ0) is 24.4. The number of amides is 2. The molecule has 0 unspecified atom stereocenters. The van der Waals surface area contributed by atoms with Gasteiger partial charge in [0.05, 0.1) is 12.1 Å². The van der Waals surface area contributed by atoms with E-state index in [-0.39, 0.29) is 12.3 Å². The molecule has 2 aliphatic carbocycles. The van der Waals surface area contributed by atoms with E-state index in [0.717, 1.165) is 19.1 Å². The van der Waals surface area contributed by atoms with Crippen molar-refractivity contribution in [3.63, 3.8) is 0 Å². The number of alkyl halides is 2. The van der Waals surface area contributed by atoms with Crippen LogP contribution >= 0.6 is 0 Å². The molecule has 4 fully saturated rings. The predicted molar refractivity (Wildman–Crippen MR) is 119 cm³/mol. The number of halogens is 2. The van der Waals surface area contributed by atoms with Gasteiger partial charge in [0.25, 0.3) is 0 Å². The van der Waals surface area contributed by atoms with Gasteiger partial charge in [-0.15, -0.1) is 0 Å². The Bertz CT molecular complexity index is 761. The van der Waals surface area contributed by atoms with Crippen LogP contribution in [0.25, 0.3) is 0 Å². The lowest BCUT2D eigenvalue weighted by Crippen LogP contribution is -2.61. The van der Waals surface area contributed by atoms with E-state index in [9.17, 15) is 18.4 Å². The molecule has 0 aromatic carbocycles. The predicted octanol–water partition coefficient (Wildman–Crippen LogP) is 2.78. The number of nitrogens with one attached hydrogen (secondary N) is 1. The number of nitriles is 1. The average molecular weight is 470 g/mol. The second kappa shape index (κ2) is 9.71. The molecule has 1 atom stereocenters. The quantitative estimate of drug-likeness (QED) is 0.527. The van der Waals surface area contributed by atoms with E-state index in [1.54, 1.807) is 18.7 Å². The number of likely N-dealkylation sites (tertiary alicyclic amines) is 2. The topological polar surface area (TPSA) is 123 Å². The monoisotopic (exact) mass is 469 g/mol. The van der Waals surface area contributed by atoms with Crippen molar-refractivity contribution in [2.45, 2.75) is 88.8 Å². The Morgan fingerprint density at radius 3 is 2.18 bits per heavy atom. The first-order chi connectivity index (χ1) is 15.4. The number of rotatable bonds is 7. The summed E-state index contributed by atoms with van der Waals surface area (Å²) in [5, 5.41) is 20.0. The molecule has 0 aromatic rings. The van der Waals surface area contributed by atoms with Crippen LogP contribution in [0.15, 0.2) is 0 Å². The molecule has 0 bridgehead atoms. The Morgan fingerprint density at radius 2 is 1.76 bits per heavy atom. The molecule has 8 nitrogen and oxygen atoms in total. The van der Waals surface area contributed by atoms with Crippen LogP contribution in [-0.4, -0.2) is 76.6 Å². The number of carbonyl (C=O) groups excluding carboxylic acids is 1. The highest BCUT2D eigenvalue weighted by molar-refractivity contribution is 5.83. The van der Waals surface area contributed by atoms with Gasteiger partial charge < -0.3 is 26.0 Å². The zero-order valence-electron chi connectivity index (χ0n) is 19.7. The van der Waals surface area contributed by atoms with Crippen LogP contribution in [0.4, 0.5) is 13.6 Å². The van der Waals surface area contributed by atoms with Crippen molar-refractivity contribution < 1.29 is 23.5 Å². The van der Waals surface area contributed by atoms with Crippen LogP contribution < -0.4 is 11.1 Å². The van der Waals surface area contributed by atoms with Gasteiger partial charge >= 0.3 is 6.09 Å². The second-order valence-corrected chi connectivity index (χ2v) is 10.9. The number of carboxylic acid groups (broad SMARTS) is 1. The highest BCUT2D eigenvalue weighted by atomic mass is 19.3. The Labute approximate surface area is 194 Å². The molecule has 4 aliphatic rings. The van der Waals surface area contributed by atoms with E-state index in [0.29, 0.717) is 18.3 Å². The highest BCUT2D eigenvalue weighted by Gasteiger charge is 2.48. The molecule has 10 heteroatoms. The maximum atomic E-state index is 13.5. The smallest absolute Gasteiger partial charge is 0.407 e. The third-order valence-corrected chi connectivity index (χ3v) is 7.13. The van der Waals surface area contributed by atoms with E-state index in [2.05, 4.69) is 10.2 Å². The minimum absolute atomic E-state index is 0.163. The van der Waals surface area contributed by atoms with E-state index in [4.69, 9.17) is 16.1 Å². The first-order valence-electron chi connectivity index (χ1n) is 12.0. The van der Waals surface area contributed by atoms with Gasteiger partial charge in [-0.05, 0) is 57.5 Å². The first-order valence-corrected chi connectivity index (χ1v) is 12.0. The zero-order valence-corrected chi connectivity index (χ0v) is 19.7. The maximum Gasteiger partial charge on any atom is 0.407 e. The van der Waals surface area contributed by atoms with Gasteiger partial charge in [-0.3, -0.25) is 4.79 Å². The average Bonchev–Trinajstić information content (AvgIpc) is 3.60. The summed E-state index contributed by atoms with van der Waals surface area (Å²) < 4.78 is 27.0. The van der Waals surface area contributed by atoms with Gasteiger partial charge in [-0.25, -0.2) is 13.6 Å². The minimum atomic E-state index is -2.95. The Hall–Kier alpha value is -1.99. The summed E-state index contributed by atoms with van der Waals surface area (Å²) in [7, 11) is 0. The summed E-state index contributed by atoms with van der Waals surface area (Å²) in [6, 6.07) is 1.56. The van der Waals surface area contributed by atoms with E-state index in [1.807, 2.05) is 6.07 Å². The lowest BCUT2D eigenvalue weighted by Gasteiger charge is -2.53. The summed E-state index contributed by atoms with van der Waals surface area (Å²) in [5.41, 5.74) is 4.96. The molecule has 4 rings (SSSR count). The Kier molecular flexibility index (Phi) is 7.54. The van der Waals surface area contributed by atoms with Crippen LogP contribution in [0.2, 0.25) is 0 Å². The van der Waals surface area contributed by atoms with Crippen molar-refractivity contribution in [3.05, 3.63) is 0 Å². The molecular formula is C23H37F2N5O3. The van der Waals surface area contributed by atoms with Crippen molar-refractivity contribution >= 4 is 12.0 Å². The van der Waals surface area contributed by atoms with Crippen LogP contribution in [0, 0.1) is 22.7 Å². The fourth-order valence-electron chi connectivity index (χ4n) is 4.83. The number of hydrogen-bond donors (Lipinski definition) is 3. The Balaban J connectivity index is 0.000000188. The fourth-order valence-corrected chi connectivity index (χ4v) is 4.83. The molecule has 0 radical (unpaired) electrons. The van der Waals surface area contributed by atoms with Gasteiger partial charge in [-0.2, -0.15) is 5.26 Å². The van der Waals surface area contributed by atoms with Crippen molar-refractivity contribution in [3.8, 4) is 6.07 Å². The van der Waals surface area contributed by atoms with Gasteiger partial charge in [0.2, 0.25) is 11.8 Å². The van der Waals surface area contributed by atoms with Crippen molar-refractivity contribution in [1.82, 2.24) is 15.1 Å². The molecular weight excluding hydrogens is 432 g/mol. The standard InChI is InChI=1S/C12H19F2N3O.C11H18N2O2/c1-8(2)5-12(13,14)6-9(16)10(18)17-11(7-15)3-4-11;14-10(15)13-7-11(8-13)3-5-12(6-4-11)9-1-2-9/h8-9H,3-6,16H2,1-2H3,(H,17,18);9H,1-8H2,(H,14,15)/t9-;/m0./s1. The van der Waals surface area contributed by atoms with Crippen LogP contribution in [-0.2, 0) is 4.79 Å². The molecule has 2 saturated carbocycles. The Morgan fingerprint density at radius 1 is 1.18 bits per heavy atom. The molecule has 2 aliphatic heterocycles. The van der Waals surface area contributed by atoms with Crippen LogP contribution in [0.5, 0.6) is 0 Å². The molecule has 1 spiro atoms. The number of nitrogens with two attached hydrogens (primary N) is 1. The van der Waals surface area contributed by atoms with Crippen molar-refractivity contribution in [1.29, 1.82) is 5.26 Å². The third-order valence-electron chi connectivity index (χ3n) is 7.13. The lowest BCUT2D eigenvalue weighted by molar-refractivity contribution is -0.126. The van der Waals surface area contributed by atoms with Gasteiger partial charge in [0.1, 0.15) is 5.54 Å². The summed E-state index contributed by atoms with van der Waals surface area (Å²) in [5.74, 6) is -3.78. The summed E-state index contributed by atoms with van der Waals surface area (Å²) in [4.78, 5) is 26.4. The van der Waals surface area contributed by atoms with Crippen LogP contribution in [0.3, 0.4) is 0 Å². The van der Waals surface area contributed by atoms with E-state index >= 15 is 0 Å². The molecule has 2 amide bonds. The second-order valence-electron chi connectivity index (χ2n) is 10.9. The molecule has 33 heavy (non-hydrogen) atoms. The van der Waals surface area contributed by atoms with E-state index < -0.39 is 35.9 Å². The third kappa shape index (κ3) is 7.00. The van der Waals surface area contributed by atoms with Gasteiger partial charge in [0, 0.05) is 37.4 Å². The number of hydrogen-bond acceptors (Lipinski definition) is 5. The normalized spacial score (nSPS) is 24.2. The van der Waals surface area contributed by atoms with Crippen molar-refractivity contribution in [2.75, 3.05) is 26.2 Å². The molecule has 0 aromatic heterocycles. The molecule has 4 N–H and O–H groups in total. The largest absolute Gasteiger partial charge is 0.465 e. The molecule has 2 saturated heterocycles. The lowest BCUT2D eigenvalue weighted by atomic mass is 9.72. The molecule has 186 valence electrons. The number of carbonyl (C=O) groups is 2. The summed E-state index contributed by atoms with van der Waals surface area (Å²) >= 11 is 0. The summed E-state index contributed by atoms with van der Waals surface area (Å²) in [6.45, 7) is 7.32. The van der Waals surface area contributed by atoms with E-state index in [1.165, 1.54) is 38.8 Å². The number of piperidine rings is 1. The fraction of sp³-hybridized carbons (Fsp3) is 0.870. The maximum absolute atomic E-state index is 13.5.